The van der Waals surface area contributed by atoms with Crippen LogP contribution in [0.1, 0.15) is 29.2 Å². The zero-order valence-electron chi connectivity index (χ0n) is 14.8. The average Bonchev–Trinajstić information content (AvgIpc) is 2.63. The molecule has 0 radical (unpaired) electrons. The van der Waals surface area contributed by atoms with Gasteiger partial charge in [-0.3, -0.25) is 9.69 Å². The third kappa shape index (κ3) is 4.91. The molecule has 0 aromatic heterocycles. The van der Waals surface area contributed by atoms with Gasteiger partial charge in [0.05, 0.1) is 12.5 Å². The van der Waals surface area contributed by atoms with E-state index in [0.717, 1.165) is 38.3 Å². The highest BCUT2D eigenvalue weighted by atomic mass is 16.3. The number of rotatable bonds is 5. The summed E-state index contributed by atoms with van der Waals surface area (Å²) >= 11 is 0. The van der Waals surface area contributed by atoms with E-state index in [4.69, 9.17) is 0 Å². The molecule has 1 N–H and O–H groups in total. The Hall–Kier alpha value is -2.17. The lowest BCUT2D eigenvalue weighted by molar-refractivity contribution is -0.135. The van der Waals surface area contributed by atoms with Gasteiger partial charge in [-0.15, -0.1) is 0 Å². The molecule has 25 heavy (non-hydrogen) atoms. The molecule has 3 rings (SSSR count). The second-order valence-electron chi connectivity index (χ2n) is 6.78. The number of aryl methyl sites for hydroxylation is 1. The predicted octanol–water partition coefficient (Wildman–Crippen LogP) is 2.76. The molecule has 1 aliphatic heterocycles. The van der Waals surface area contributed by atoms with Gasteiger partial charge in [0.15, 0.2) is 0 Å². The van der Waals surface area contributed by atoms with Crippen LogP contribution in [0.4, 0.5) is 0 Å². The van der Waals surface area contributed by atoms with Crippen molar-refractivity contribution in [2.75, 3.05) is 26.2 Å². The normalized spacial score (nSPS) is 16.6. The molecular formula is C21H26N2O2. The number of hydrogen-bond donors (Lipinski definition) is 1. The van der Waals surface area contributed by atoms with Gasteiger partial charge in [0.1, 0.15) is 0 Å². The first kappa shape index (κ1) is 17.6. The summed E-state index contributed by atoms with van der Waals surface area (Å²) in [5.41, 5.74) is 3.40. The van der Waals surface area contributed by atoms with Crippen LogP contribution in [-0.2, 0) is 11.3 Å². The number of amides is 1. The number of carbonyl (C=O) groups is 1. The van der Waals surface area contributed by atoms with Crippen LogP contribution >= 0.6 is 0 Å². The summed E-state index contributed by atoms with van der Waals surface area (Å²) in [6.45, 7) is 6.25. The number of hydrogen-bond acceptors (Lipinski definition) is 3. The summed E-state index contributed by atoms with van der Waals surface area (Å²) in [5.74, 6) is 0.0339. The van der Waals surface area contributed by atoms with Gasteiger partial charge in [-0.25, -0.2) is 0 Å². The number of aliphatic hydroxyl groups excluding tert-OH is 1. The number of piperazine rings is 1. The molecule has 1 aliphatic rings. The van der Waals surface area contributed by atoms with Gasteiger partial charge in [0.2, 0.25) is 5.91 Å². The highest BCUT2D eigenvalue weighted by Gasteiger charge is 2.23. The summed E-state index contributed by atoms with van der Waals surface area (Å²) in [7, 11) is 0. The largest absolute Gasteiger partial charge is 0.388 e. The van der Waals surface area contributed by atoms with Crippen molar-refractivity contribution in [2.24, 2.45) is 0 Å². The Morgan fingerprint density at radius 3 is 2.44 bits per heavy atom. The summed E-state index contributed by atoms with van der Waals surface area (Å²) < 4.78 is 0. The molecule has 1 saturated heterocycles. The maximum absolute atomic E-state index is 12.4. The molecule has 0 aliphatic carbocycles. The second-order valence-corrected chi connectivity index (χ2v) is 6.78. The van der Waals surface area contributed by atoms with Gasteiger partial charge in [-0.05, 0) is 18.1 Å². The molecule has 0 spiro atoms. The Balaban J connectivity index is 1.47. The molecule has 2 aromatic carbocycles. The number of carbonyl (C=O) groups excluding carboxylic acids is 1. The Labute approximate surface area is 149 Å². The molecule has 1 amide bonds. The van der Waals surface area contributed by atoms with Crippen molar-refractivity contribution in [2.45, 2.75) is 26.0 Å². The maximum atomic E-state index is 12.4. The van der Waals surface area contributed by atoms with Crippen LogP contribution in [0, 0.1) is 6.92 Å². The van der Waals surface area contributed by atoms with Gasteiger partial charge in [0, 0.05) is 32.7 Å². The fraction of sp³-hybridized carbons (Fsp3) is 0.381. The first-order valence-electron chi connectivity index (χ1n) is 8.90. The Morgan fingerprint density at radius 2 is 1.76 bits per heavy atom. The predicted molar refractivity (Wildman–Crippen MR) is 99.1 cm³/mol. The quantitative estimate of drug-likeness (QED) is 0.912. The lowest BCUT2D eigenvalue weighted by Gasteiger charge is -2.35. The number of nitrogens with zero attached hydrogens (tertiary/aromatic N) is 2. The van der Waals surface area contributed by atoms with Gasteiger partial charge >= 0.3 is 0 Å². The van der Waals surface area contributed by atoms with Crippen molar-refractivity contribution >= 4 is 5.91 Å². The lowest BCUT2D eigenvalue weighted by Crippen LogP contribution is -2.48. The third-order valence-corrected chi connectivity index (χ3v) is 4.77. The Kier molecular flexibility index (Phi) is 5.84. The maximum Gasteiger partial charge on any atom is 0.225 e. The third-order valence-electron chi connectivity index (χ3n) is 4.77. The monoisotopic (exact) mass is 338 g/mol. The molecule has 4 heteroatoms. The standard InChI is InChI=1S/C21H26N2O2/c1-17-6-5-7-18(14-17)16-22-10-12-23(13-11-22)21(25)15-20(24)19-8-3-2-4-9-19/h2-9,14,20,24H,10-13,15-16H2,1H3. The van der Waals surface area contributed by atoms with Crippen molar-refractivity contribution in [3.63, 3.8) is 0 Å². The second kappa shape index (κ2) is 8.28. The molecular weight excluding hydrogens is 312 g/mol. The minimum atomic E-state index is -0.723. The van der Waals surface area contributed by atoms with E-state index in [0.29, 0.717) is 0 Å². The minimum absolute atomic E-state index is 0.0339. The summed E-state index contributed by atoms with van der Waals surface area (Å²) in [6, 6.07) is 18.0. The van der Waals surface area contributed by atoms with Crippen molar-refractivity contribution in [1.82, 2.24) is 9.80 Å². The zero-order chi connectivity index (χ0) is 17.6. The first-order chi connectivity index (χ1) is 12.1. The molecule has 1 fully saturated rings. The molecule has 1 unspecified atom stereocenters. The van der Waals surface area contributed by atoms with Gasteiger partial charge in [-0.1, -0.05) is 60.2 Å². The van der Waals surface area contributed by atoms with Crippen molar-refractivity contribution < 1.29 is 9.90 Å². The average molecular weight is 338 g/mol. The molecule has 0 saturated carbocycles. The highest BCUT2D eigenvalue weighted by Crippen LogP contribution is 2.18. The van der Waals surface area contributed by atoms with Crippen molar-refractivity contribution in [1.29, 1.82) is 0 Å². The molecule has 2 aromatic rings. The van der Waals surface area contributed by atoms with E-state index in [2.05, 4.69) is 36.1 Å². The number of aliphatic hydroxyl groups is 1. The Bertz CT molecular complexity index is 694. The summed E-state index contributed by atoms with van der Waals surface area (Å²) in [4.78, 5) is 16.7. The van der Waals surface area contributed by atoms with E-state index in [1.165, 1.54) is 11.1 Å². The SMILES string of the molecule is Cc1cccc(CN2CCN(C(=O)CC(O)c3ccccc3)CC2)c1. The fourth-order valence-corrected chi connectivity index (χ4v) is 3.31. The molecule has 1 heterocycles. The summed E-state index contributed by atoms with van der Waals surface area (Å²) in [5, 5.41) is 10.2. The van der Waals surface area contributed by atoms with Crippen LogP contribution in [0.5, 0.6) is 0 Å². The number of benzene rings is 2. The van der Waals surface area contributed by atoms with Gasteiger partial charge in [-0.2, -0.15) is 0 Å². The molecule has 4 nitrogen and oxygen atoms in total. The Morgan fingerprint density at radius 1 is 1.04 bits per heavy atom. The van der Waals surface area contributed by atoms with E-state index in [9.17, 15) is 9.90 Å². The van der Waals surface area contributed by atoms with E-state index < -0.39 is 6.10 Å². The van der Waals surface area contributed by atoms with E-state index in [1.807, 2.05) is 35.2 Å². The van der Waals surface area contributed by atoms with Crippen molar-refractivity contribution in [3.8, 4) is 0 Å². The van der Waals surface area contributed by atoms with Crippen LogP contribution in [0.2, 0.25) is 0 Å². The van der Waals surface area contributed by atoms with E-state index in [1.54, 1.807) is 0 Å². The lowest BCUT2D eigenvalue weighted by atomic mass is 10.1. The minimum Gasteiger partial charge on any atom is -0.388 e. The first-order valence-corrected chi connectivity index (χ1v) is 8.90. The highest BCUT2D eigenvalue weighted by molar-refractivity contribution is 5.77. The topological polar surface area (TPSA) is 43.8 Å². The molecule has 0 bridgehead atoms. The smallest absolute Gasteiger partial charge is 0.225 e. The van der Waals surface area contributed by atoms with Crippen LogP contribution in [0.3, 0.4) is 0 Å². The van der Waals surface area contributed by atoms with Crippen LogP contribution in [-0.4, -0.2) is 47.0 Å². The van der Waals surface area contributed by atoms with Crippen molar-refractivity contribution in [3.05, 3.63) is 71.3 Å². The van der Waals surface area contributed by atoms with E-state index in [-0.39, 0.29) is 12.3 Å². The van der Waals surface area contributed by atoms with Gasteiger partial charge < -0.3 is 10.0 Å². The zero-order valence-corrected chi connectivity index (χ0v) is 14.8. The molecule has 132 valence electrons. The summed E-state index contributed by atoms with van der Waals surface area (Å²) in [6.07, 6.45) is -0.568. The molecule has 1 atom stereocenters. The van der Waals surface area contributed by atoms with Gasteiger partial charge in [0.25, 0.3) is 0 Å². The van der Waals surface area contributed by atoms with Crippen LogP contribution in [0.25, 0.3) is 0 Å². The van der Waals surface area contributed by atoms with E-state index >= 15 is 0 Å². The fourth-order valence-electron chi connectivity index (χ4n) is 3.31. The van der Waals surface area contributed by atoms with Crippen LogP contribution < -0.4 is 0 Å². The van der Waals surface area contributed by atoms with Crippen LogP contribution in [0.15, 0.2) is 54.6 Å².